The topological polar surface area (TPSA) is 132 Å². The SMILES string of the molecule is O=C(Nc1ccc([N+](=O)[O-])cc1)C1CCCN(c2ccc(-n3cncn3)nn2)C1. The second-order valence-electron chi connectivity index (χ2n) is 6.67. The Morgan fingerprint density at radius 3 is 2.55 bits per heavy atom. The molecule has 2 aromatic heterocycles. The molecule has 4 rings (SSSR count). The van der Waals surface area contributed by atoms with Crippen LogP contribution in [0.2, 0.25) is 0 Å². The Morgan fingerprint density at radius 2 is 1.90 bits per heavy atom. The Labute approximate surface area is 165 Å². The average Bonchev–Trinajstić information content (AvgIpc) is 3.29. The van der Waals surface area contributed by atoms with Crippen LogP contribution in [-0.4, -0.2) is 48.9 Å². The molecule has 1 N–H and O–H groups in total. The number of non-ortho nitro benzene ring substituents is 1. The quantitative estimate of drug-likeness (QED) is 0.512. The Balaban J connectivity index is 1.39. The number of nitrogens with one attached hydrogen (secondary N) is 1. The maximum absolute atomic E-state index is 12.6. The van der Waals surface area contributed by atoms with Crippen molar-refractivity contribution in [3.05, 3.63) is 59.2 Å². The van der Waals surface area contributed by atoms with Gasteiger partial charge < -0.3 is 10.2 Å². The number of nitro groups is 1. The summed E-state index contributed by atoms with van der Waals surface area (Å²) in [6, 6.07) is 9.46. The molecule has 0 spiro atoms. The molecule has 0 aliphatic carbocycles. The van der Waals surface area contributed by atoms with Gasteiger partial charge in [0.1, 0.15) is 12.7 Å². The molecule has 11 heteroatoms. The molecule has 1 amide bonds. The largest absolute Gasteiger partial charge is 0.354 e. The van der Waals surface area contributed by atoms with Crippen molar-refractivity contribution in [2.75, 3.05) is 23.3 Å². The van der Waals surface area contributed by atoms with Gasteiger partial charge in [0.15, 0.2) is 11.6 Å². The van der Waals surface area contributed by atoms with Gasteiger partial charge in [-0.15, -0.1) is 10.2 Å². The normalized spacial score (nSPS) is 16.4. The summed E-state index contributed by atoms with van der Waals surface area (Å²) in [6.45, 7) is 1.31. The van der Waals surface area contributed by atoms with Gasteiger partial charge in [-0.2, -0.15) is 5.10 Å². The first-order chi connectivity index (χ1) is 14.1. The number of hydrogen-bond acceptors (Lipinski definition) is 8. The van der Waals surface area contributed by atoms with E-state index >= 15 is 0 Å². The Hall–Kier alpha value is -3.89. The van der Waals surface area contributed by atoms with Gasteiger partial charge in [0.05, 0.1) is 10.8 Å². The fourth-order valence-corrected chi connectivity index (χ4v) is 3.25. The van der Waals surface area contributed by atoms with E-state index in [1.54, 1.807) is 12.4 Å². The van der Waals surface area contributed by atoms with Crippen molar-refractivity contribution in [3.8, 4) is 5.82 Å². The first-order valence-corrected chi connectivity index (χ1v) is 9.09. The van der Waals surface area contributed by atoms with Gasteiger partial charge >= 0.3 is 0 Å². The van der Waals surface area contributed by atoms with E-state index in [9.17, 15) is 14.9 Å². The number of benzene rings is 1. The molecule has 1 fully saturated rings. The van der Waals surface area contributed by atoms with Crippen molar-refractivity contribution >= 4 is 23.1 Å². The maximum atomic E-state index is 12.6. The molecule has 1 saturated heterocycles. The fourth-order valence-electron chi connectivity index (χ4n) is 3.25. The van der Waals surface area contributed by atoms with Crippen molar-refractivity contribution < 1.29 is 9.72 Å². The molecule has 1 atom stereocenters. The lowest BCUT2D eigenvalue weighted by molar-refractivity contribution is -0.384. The minimum absolute atomic E-state index is 0.0141. The molecule has 3 heterocycles. The number of anilines is 2. The molecule has 0 bridgehead atoms. The van der Waals surface area contributed by atoms with Gasteiger partial charge in [-0.1, -0.05) is 0 Å². The maximum Gasteiger partial charge on any atom is 0.269 e. The number of nitrogens with zero attached hydrogens (tertiary/aromatic N) is 7. The monoisotopic (exact) mass is 394 g/mol. The summed E-state index contributed by atoms with van der Waals surface area (Å²) in [5.41, 5.74) is 0.523. The van der Waals surface area contributed by atoms with Gasteiger partial charge in [0, 0.05) is 30.9 Å². The predicted octanol–water partition coefficient (Wildman–Crippen LogP) is 1.82. The zero-order valence-electron chi connectivity index (χ0n) is 15.4. The van der Waals surface area contributed by atoms with Crippen molar-refractivity contribution in [1.29, 1.82) is 0 Å². The van der Waals surface area contributed by atoms with Crippen molar-refractivity contribution in [3.63, 3.8) is 0 Å². The Morgan fingerprint density at radius 1 is 1.14 bits per heavy atom. The van der Waals surface area contributed by atoms with Gasteiger partial charge in [0.2, 0.25) is 5.91 Å². The summed E-state index contributed by atoms with van der Waals surface area (Å²) < 4.78 is 1.52. The molecule has 29 heavy (non-hydrogen) atoms. The van der Waals surface area contributed by atoms with Crippen LogP contribution in [0.25, 0.3) is 5.82 Å². The van der Waals surface area contributed by atoms with Crippen LogP contribution in [0, 0.1) is 16.0 Å². The highest BCUT2D eigenvalue weighted by Gasteiger charge is 2.27. The van der Waals surface area contributed by atoms with E-state index < -0.39 is 4.92 Å². The lowest BCUT2D eigenvalue weighted by atomic mass is 9.97. The molecule has 0 saturated carbocycles. The fraction of sp³-hybridized carbons (Fsp3) is 0.278. The number of hydrogen-bond donors (Lipinski definition) is 1. The van der Waals surface area contributed by atoms with Gasteiger partial charge in [-0.05, 0) is 37.1 Å². The smallest absolute Gasteiger partial charge is 0.269 e. The second-order valence-corrected chi connectivity index (χ2v) is 6.67. The summed E-state index contributed by atoms with van der Waals surface area (Å²) in [6.07, 6.45) is 4.59. The molecule has 11 nitrogen and oxygen atoms in total. The molecule has 1 aliphatic heterocycles. The molecule has 148 valence electrons. The summed E-state index contributed by atoms with van der Waals surface area (Å²) >= 11 is 0. The lowest BCUT2D eigenvalue weighted by Gasteiger charge is -2.32. The zero-order valence-corrected chi connectivity index (χ0v) is 15.4. The van der Waals surface area contributed by atoms with E-state index in [1.807, 2.05) is 11.0 Å². The van der Waals surface area contributed by atoms with E-state index in [0.29, 0.717) is 23.9 Å². The molecule has 1 unspecified atom stereocenters. The second kappa shape index (κ2) is 8.00. The predicted molar refractivity (Wildman–Crippen MR) is 104 cm³/mol. The standard InChI is InChI=1S/C18H18N8O3/c27-18(21-14-3-5-15(6-4-14)26(28)29)13-2-1-9-24(10-13)16-7-8-17(23-22-16)25-12-19-11-20-25/h3-8,11-13H,1-2,9-10H2,(H,21,27). The third kappa shape index (κ3) is 4.18. The molecule has 1 aliphatic rings. The van der Waals surface area contributed by atoms with E-state index in [4.69, 9.17) is 0 Å². The zero-order chi connectivity index (χ0) is 20.2. The van der Waals surface area contributed by atoms with E-state index in [1.165, 1.54) is 35.3 Å². The lowest BCUT2D eigenvalue weighted by Crippen LogP contribution is -2.41. The highest BCUT2D eigenvalue weighted by atomic mass is 16.6. The summed E-state index contributed by atoms with van der Waals surface area (Å²) in [4.78, 5) is 28.8. The summed E-state index contributed by atoms with van der Waals surface area (Å²) in [5, 5.41) is 26.0. The van der Waals surface area contributed by atoms with Crippen LogP contribution in [0.4, 0.5) is 17.2 Å². The number of amides is 1. The number of carbonyl (C=O) groups excluding carboxylic acids is 1. The van der Waals surface area contributed by atoms with Crippen LogP contribution in [0.1, 0.15) is 12.8 Å². The number of aromatic nitrogens is 5. The minimum Gasteiger partial charge on any atom is -0.354 e. The van der Waals surface area contributed by atoms with Crippen molar-refractivity contribution in [2.45, 2.75) is 12.8 Å². The first-order valence-electron chi connectivity index (χ1n) is 9.09. The van der Waals surface area contributed by atoms with Gasteiger partial charge in [0.25, 0.3) is 5.69 Å². The van der Waals surface area contributed by atoms with Crippen molar-refractivity contribution in [2.24, 2.45) is 5.92 Å². The van der Waals surface area contributed by atoms with E-state index in [0.717, 1.165) is 19.4 Å². The van der Waals surface area contributed by atoms with Crippen LogP contribution in [0.15, 0.2) is 49.1 Å². The third-order valence-electron chi connectivity index (χ3n) is 4.75. The van der Waals surface area contributed by atoms with Gasteiger partial charge in [-0.25, -0.2) is 9.67 Å². The highest BCUT2D eigenvalue weighted by Crippen LogP contribution is 2.23. The number of piperidine rings is 1. The van der Waals surface area contributed by atoms with Crippen LogP contribution < -0.4 is 10.2 Å². The molecule has 3 aromatic rings. The molecule has 0 radical (unpaired) electrons. The van der Waals surface area contributed by atoms with Crippen LogP contribution >= 0.6 is 0 Å². The molecular weight excluding hydrogens is 376 g/mol. The summed E-state index contributed by atoms with van der Waals surface area (Å²) in [5.74, 6) is 0.934. The van der Waals surface area contributed by atoms with Crippen LogP contribution in [0.5, 0.6) is 0 Å². The van der Waals surface area contributed by atoms with Crippen molar-refractivity contribution in [1.82, 2.24) is 25.0 Å². The summed E-state index contributed by atoms with van der Waals surface area (Å²) in [7, 11) is 0. The van der Waals surface area contributed by atoms with Crippen LogP contribution in [-0.2, 0) is 4.79 Å². The molecular formula is C18H18N8O3. The van der Waals surface area contributed by atoms with Gasteiger partial charge in [-0.3, -0.25) is 14.9 Å². The number of nitro benzene ring substituents is 1. The third-order valence-corrected chi connectivity index (χ3v) is 4.75. The first kappa shape index (κ1) is 18.5. The van der Waals surface area contributed by atoms with Crippen LogP contribution in [0.3, 0.4) is 0 Å². The Kier molecular flexibility index (Phi) is 5.10. The molecule has 1 aromatic carbocycles. The van der Waals surface area contributed by atoms with E-state index in [2.05, 4.69) is 25.6 Å². The average molecular weight is 394 g/mol. The van der Waals surface area contributed by atoms with E-state index in [-0.39, 0.29) is 17.5 Å². The minimum atomic E-state index is -0.472. The number of carbonyl (C=O) groups is 1. The highest BCUT2D eigenvalue weighted by molar-refractivity contribution is 5.93. The number of rotatable bonds is 5. The Bertz CT molecular complexity index is 989.